The van der Waals surface area contributed by atoms with Crippen LogP contribution in [0, 0.1) is 5.92 Å². The summed E-state index contributed by atoms with van der Waals surface area (Å²) < 4.78 is 0. The molecule has 2 rings (SSSR count). The lowest BCUT2D eigenvalue weighted by molar-refractivity contribution is 0.0882. The average Bonchev–Trinajstić information content (AvgIpc) is 2.29. The van der Waals surface area contributed by atoms with Gasteiger partial charge < -0.3 is 11.5 Å². The number of nitrogens with two attached hydrogens (primary N) is 2. The molecule has 1 aliphatic carbocycles. The van der Waals surface area contributed by atoms with Crippen molar-refractivity contribution in [1.29, 1.82) is 0 Å². The summed E-state index contributed by atoms with van der Waals surface area (Å²) >= 11 is 0. The number of nitrogen functional groups attached to an aromatic ring is 1. The zero-order valence-corrected chi connectivity index (χ0v) is 9.23. The van der Waals surface area contributed by atoms with E-state index in [0.717, 1.165) is 25.7 Å². The second kappa shape index (κ2) is 4.61. The number of ketones is 1. The summed E-state index contributed by atoms with van der Waals surface area (Å²) in [6, 6.07) is 1.82. The third-order valence-electron chi connectivity index (χ3n) is 3.21. The van der Waals surface area contributed by atoms with Crippen LogP contribution in [0.15, 0.2) is 18.5 Å². The lowest BCUT2D eigenvalue weighted by Crippen LogP contribution is -2.31. The first-order valence-corrected chi connectivity index (χ1v) is 5.67. The van der Waals surface area contributed by atoms with Crippen LogP contribution in [0.4, 0.5) is 5.69 Å². The van der Waals surface area contributed by atoms with Gasteiger partial charge in [0.1, 0.15) is 0 Å². The molecule has 4 N–H and O–H groups in total. The maximum Gasteiger partial charge on any atom is 0.169 e. The molecule has 2 unspecified atom stereocenters. The van der Waals surface area contributed by atoms with Gasteiger partial charge in [-0.3, -0.25) is 9.78 Å². The minimum atomic E-state index is 0.0234. The third-order valence-corrected chi connectivity index (χ3v) is 3.21. The predicted molar refractivity (Wildman–Crippen MR) is 62.9 cm³/mol. The molecule has 0 radical (unpaired) electrons. The van der Waals surface area contributed by atoms with Crippen molar-refractivity contribution in [2.45, 2.75) is 31.7 Å². The summed E-state index contributed by atoms with van der Waals surface area (Å²) in [5.74, 6) is 0.121. The van der Waals surface area contributed by atoms with Crippen molar-refractivity contribution >= 4 is 11.5 Å². The van der Waals surface area contributed by atoms with Gasteiger partial charge in [-0.05, 0) is 25.3 Å². The first kappa shape index (κ1) is 11.1. The van der Waals surface area contributed by atoms with Crippen LogP contribution in [-0.2, 0) is 0 Å². The highest BCUT2D eigenvalue weighted by Gasteiger charge is 2.27. The number of carbonyl (C=O) groups is 1. The summed E-state index contributed by atoms with van der Waals surface area (Å²) in [5.41, 5.74) is 12.7. The number of aromatic nitrogens is 1. The molecular formula is C12H17N3O. The molecular weight excluding hydrogens is 202 g/mol. The summed E-state index contributed by atoms with van der Waals surface area (Å²) in [6.45, 7) is 0. The van der Waals surface area contributed by atoms with Gasteiger partial charge in [-0.1, -0.05) is 6.42 Å². The first-order valence-electron chi connectivity index (χ1n) is 5.67. The highest BCUT2D eigenvalue weighted by atomic mass is 16.1. The molecule has 4 heteroatoms. The first-order chi connectivity index (χ1) is 7.68. The monoisotopic (exact) mass is 219 g/mol. The van der Waals surface area contributed by atoms with Gasteiger partial charge >= 0.3 is 0 Å². The Balaban J connectivity index is 2.16. The van der Waals surface area contributed by atoms with Crippen LogP contribution >= 0.6 is 0 Å². The van der Waals surface area contributed by atoms with Gasteiger partial charge in [0, 0.05) is 30.0 Å². The molecule has 0 amide bonds. The molecule has 0 aliphatic heterocycles. The van der Waals surface area contributed by atoms with Crippen molar-refractivity contribution < 1.29 is 4.79 Å². The molecule has 0 spiro atoms. The molecule has 2 atom stereocenters. The molecule has 16 heavy (non-hydrogen) atoms. The lowest BCUT2D eigenvalue weighted by atomic mass is 9.81. The van der Waals surface area contributed by atoms with Crippen LogP contribution < -0.4 is 11.5 Å². The van der Waals surface area contributed by atoms with E-state index in [0.29, 0.717) is 11.3 Å². The number of carbonyl (C=O) groups excluding carboxylic acids is 1. The van der Waals surface area contributed by atoms with Gasteiger partial charge in [-0.2, -0.15) is 0 Å². The maximum atomic E-state index is 12.2. The third kappa shape index (κ3) is 2.22. The zero-order valence-electron chi connectivity index (χ0n) is 9.23. The quantitative estimate of drug-likeness (QED) is 0.736. The van der Waals surface area contributed by atoms with Crippen LogP contribution in [0.3, 0.4) is 0 Å². The minimum Gasteiger partial charge on any atom is -0.398 e. The number of nitrogens with zero attached hydrogens (tertiary/aromatic N) is 1. The molecule has 1 saturated carbocycles. The molecule has 1 aromatic heterocycles. The van der Waals surface area contributed by atoms with Gasteiger partial charge in [0.25, 0.3) is 0 Å². The standard InChI is InChI=1S/C12H17N3O/c13-9-3-1-2-8(6-9)12(16)10-7-15-5-4-11(10)14/h4-5,7-9H,1-3,6,13H2,(H2,14,15). The predicted octanol–water partition coefficient (Wildman–Crippen LogP) is 1.36. The second-order valence-electron chi connectivity index (χ2n) is 4.45. The molecule has 1 aromatic rings. The Morgan fingerprint density at radius 3 is 2.94 bits per heavy atom. The molecule has 0 saturated heterocycles. The van der Waals surface area contributed by atoms with Crippen molar-refractivity contribution in [1.82, 2.24) is 4.98 Å². The van der Waals surface area contributed by atoms with Crippen molar-refractivity contribution in [3.05, 3.63) is 24.0 Å². The van der Waals surface area contributed by atoms with E-state index in [1.165, 1.54) is 0 Å². The number of hydrogen-bond donors (Lipinski definition) is 2. The van der Waals surface area contributed by atoms with Crippen molar-refractivity contribution in [2.24, 2.45) is 11.7 Å². The van der Waals surface area contributed by atoms with Gasteiger partial charge in [-0.15, -0.1) is 0 Å². The topological polar surface area (TPSA) is 82.0 Å². The molecule has 0 bridgehead atoms. The fourth-order valence-corrected chi connectivity index (χ4v) is 2.30. The fraction of sp³-hybridized carbons (Fsp3) is 0.500. The Labute approximate surface area is 95.0 Å². The van der Waals surface area contributed by atoms with E-state index in [1.807, 2.05) is 0 Å². The summed E-state index contributed by atoms with van der Waals surface area (Å²) in [6.07, 6.45) is 6.88. The Morgan fingerprint density at radius 2 is 2.25 bits per heavy atom. The molecule has 86 valence electrons. The maximum absolute atomic E-state index is 12.2. The lowest BCUT2D eigenvalue weighted by Gasteiger charge is -2.25. The van der Waals surface area contributed by atoms with Crippen molar-refractivity contribution in [2.75, 3.05) is 5.73 Å². The van der Waals surface area contributed by atoms with E-state index >= 15 is 0 Å². The summed E-state index contributed by atoms with van der Waals surface area (Å²) in [4.78, 5) is 16.1. The molecule has 0 aromatic carbocycles. The number of pyridine rings is 1. The SMILES string of the molecule is Nc1ccncc1C(=O)C1CCCC(N)C1. The molecule has 1 aliphatic rings. The summed E-state index contributed by atoms with van der Waals surface area (Å²) in [5, 5.41) is 0. The van der Waals surface area contributed by atoms with Gasteiger partial charge in [0.15, 0.2) is 5.78 Å². The number of hydrogen-bond acceptors (Lipinski definition) is 4. The summed E-state index contributed by atoms with van der Waals surface area (Å²) in [7, 11) is 0. The average molecular weight is 219 g/mol. The number of anilines is 1. The fourth-order valence-electron chi connectivity index (χ4n) is 2.30. The van der Waals surface area contributed by atoms with Gasteiger partial charge in [0.2, 0.25) is 0 Å². The smallest absolute Gasteiger partial charge is 0.169 e. The van der Waals surface area contributed by atoms with Crippen LogP contribution in [0.5, 0.6) is 0 Å². The van der Waals surface area contributed by atoms with E-state index in [4.69, 9.17) is 11.5 Å². The Kier molecular flexibility index (Phi) is 3.19. The number of Topliss-reactive ketones (excluding diaryl/α,β-unsaturated/α-hetero) is 1. The highest BCUT2D eigenvalue weighted by Crippen LogP contribution is 2.27. The van der Waals surface area contributed by atoms with Crippen LogP contribution in [0.1, 0.15) is 36.0 Å². The van der Waals surface area contributed by atoms with E-state index in [1.54, 1.807) is 18.5 Å². The van der Waals surface area contributed by atoms with E-state index in [2.05, 4.69) is 4.98 Å². The molecule has 1 heterocycles. The van der Waals surface area contributed by atoms with Gasteiger partial charge in [0.05, 0.1) is 5.56 Å². The normalized spacial score (nSPS) is 25.3. The van der Waals surface area contributed by atoms with E-state index in [-0.39, 0.29) is 17.7 Å². The Hall–Kier alpha value is -1.42. The molecule has 1 fully saturated rings. The molecule has 4 nitrogen and oxygen atoms in total. The van der Waals surface area contributed by atoms with Crippen LogP contribution in [-0.4, -0.2) is 16.8 Å². The van der Waals surface area contributed by atoms with Crippen molar-refractivity contribution in [3.8, 4) is 0 Å². The highest BCUT2D eigenvalue weighted by molar-refractivity contribution is 6.01. The largest absolute Gasteiger partial charge is 0.398 e. The Morgan fingerprint density at radius 1 is 1.44 bits per heavy atom. The number of rotatable bonds is 2. The van der Waals surface area contributed by atoms with Gasteiger partial charge in [-0.25, -0.2) is 0 Å². The Bertz CT molecular complexity index is 392. The van der Waals surface area contributed by atoms with E-state index in [9.17, 15) is 4.79 Å². The zero-order chi connectivity index (χ0) is 11.5. The van der Waals surface area contributed by atoms with Crippen molar-refractivity contribution in [3.63, 3.8) is 0 Å². The minimum absolute atomic E-state index is 0.0234. The van der Waals surface area contributed by atoms with E-state index < -0.39 is 0 Å². The van der Waals surface area contributed by atoms with Crippen LogP contribution in [0.2, 0.25) is 0 Å². The van der Waals surface area contributed by atoms with Crippen LogP contribution in [0.25, 0.3) is 0 Å². The second-order valence-corrected chi connectivity index (χ2v) is 4.45.